The lowest BCUT2D eigenvalue weighted by Crippen LogP contribution is -2.33. The number of nitrogens with zero attached hydrogens (tertiary/aromatic N) is 1. The summed E-state index contributed by atoms with van der Waals surface area (Å²) in [6.07, 6.45) is 6.92. The second-order valence-electron chi connectivity index (χ2n) is 4.38. The number of hydrogen-bond acceptors (Lipinski definition) is 1. The predicted molar refractivity (Wildman–Crippen MR) is 69.4 cm³/mol. The molecule has 1 nitrogen and oxygen atoms in total. The Morgan fingerprint density at radius 1 is 1.07 bits per heavy atom. The van der Waals surface area contributed by atoms with Crippen molar-refractivity contribution in [2.75, 3.05) is 11.9 Å². The largest absolute Gasteiger partial charge is 0.372 e. The van der Waals surface area contributed by atoms with Crippen LogP contribution in [-0.4, -0.2) is 13.1 Å². The highest BCUT2D eigenvalue weighted by Gasteiger charge is 2.17. The number of rotatable bonds is 2. The average molecular weight is 268 g/mol. The Hall–Kier alpha value is -0.500. The van der Waals surface area contributed by atoms with Gasteiger partial charge in [0.05, 0.1) is 0 Å². The van der Waals surface area contributed by atoms with Crippen LogP contribution in [0.3, 0.4) is 0 Å². The zero-order valence-electron chi connectivity index (χ0n) is 9.25. The third kappa shape index (κ3) is 2.75. The summed E-state index contributed by atoms with van der Waals surface area (Å²) < 4.78 is 1.16. The highest BCUT2D eigenvalue weighted by molar-refractivity contribution is 9.10. The van der Waals surface area contributed by atoms with Gasteiger partial charge in [-0.1, -0.05) is 35.2 Å². The third-order valence-electron chi connectivity index (χ3n) is 3.36. The lowest BCUT2D eigenvalue weighted by atomic mass is 9.94. The average Bonchev–Trinajstić information content (AvgIpc) is 2.30. The van der Waals surface area contributed by atoms with E-state index in [0.717, 1.165) is 10.5 Å². The first-order valence-electron chi connectivity index (χ1n) is 5.76. The molecule has 0 atom stereocenters. The number of benzene rings is 1. The lowest BCUT2D eigenvalue weighted by molar-refractivity contribution is 0.427. The van der Waals surface area contributed by atoms with Gasteiger partial charge in [0.25, 0.3) is 0 Å². The van der Waals surface area contributed by atoms with Crippen LogP contribution in [0, 0.1) is 0 Å². The van der Waals surface area contributed by atoms with E-state index in [0.29, 0.717) is 0 Å². The van der Waals surface area contributed by atoms with Crippen LogP contribution in [0.1, 0.15) is 32.1 Å². The molecule has 0 aromatic heterocycles. The highest BCUT2D eigenvalue weighted by atomic mass is 79.9. The fourth-order valence-electron chi connectivity index (χ4n) is 2.36. The van der Waals surface area contributed by atoms with Gasteiger partial charge in [-0.3, -0.25) is 0 Å². The first-order chi connectivity index (χ1) is 7.27. The van der Waals surface area contributed by atoms with Crippen LogP contribution in [-0.2, 0) is 0 Å². The molecular weight excluding hydrogens is 250 g/mol. The minimum atomic E-state index is 0.750. The predicted octanol–water partition coefficient (Wildman–Crippen LogP) is 4.22. The quantitative estimate of drug-likeness (QED) is 0.776. The molecule has 82 valence electrons. The fourth-order valence-corrected chi connectivity index (χ4v) is 2.62. The van der Waals surface area contributed by atoms with E-state index in [4.69, 9.17) is 0 Å². The van der Waals surface area contributed by atoms with Gasteiger partial charge in [0.1, 0.15) is 0 Å². The summed E-state index contributed by atoms with van der Waals surface area (Å²) in [7, 11) is 2.22. The summed E-state index contributed by atoms with van der Waals surface area (Å²) in [5.74, 6) is 0. The van der Waals surface area contributed by atoms with Crippen molar-refractivity contribution in [1.29, 1.82) is 0 Å². The normalized spacial score (nSPS) is 17.7. The van der Waals surface area contributed by atoms with Crippen LogP contribution in [0.4, 0.5) is 5.69 Å². The first-order valence-corrected chi connectivity index (χ1v) is 6.55. The molecule has 0 amide bonds. The maximum absolute atomic E-state index is 3.47. The van der Waals surface area contributed by atoms with E-state index < -0.39 is 0 Å². The summed E-state index contributed by atoms with van der Waals surface area (Å²) in [5.41, 5.74) is 1.34. The molecule has 1 fully saturated rings. The van der Waals surface area contributed by atoms with Crippen LogP contribution < -0.4 is 4.90 Å². The molecule has 15 heavy (non-hydrogen) atoms. The van der Waals surface area contributed by atoms with Gasteiger partial charge in [0.15, 0.2) is 0 Å². The molecule has 0 unspecified atom stereocenters. The maximum atomic E-state index is 3.47. The smallest absolute Gasteiger partial charge is 0.0366 e. The molecule has 2 heteroatoms. The molecule has 0 aliphatic heterocycles. The van der Waals surface area contributed by atoms with Gasteiger partial charge in [-0.2, -0.15) is 0 Å². The molecular formula is C13H18BrN. The molecule has 0 heterocycles. The van der Waals surface area contributed by atoms with Crippen molar-refractivity contribution in [3.63, 3.8) is 0 Å². The first kappa shape index (κ1) is 11.0. The standard InChI is InChI=1S/C13H18BrN/c1-15(12-5-3-2-4-6-12)13-9-7-11(14)8-10-13/h7-10,12H,2-6H2,1H3. The Morgan fingerprint density at radius 3 is 2.27 bits per heavy atom. The van der Waals surface area contributed by atoms with Crippen molar-refractivity contribution >= 4 is 21.6 Å². The van der Waals surface area contributed by atoms with Crippen molar-refractivity contribution in [1.82, 2.24) is 0 Å². The van der Waals surface area contributed by atoms with Gasteiger partial charge < -0.3 is 4.90 Å². The second kappa shape index (κ2) is 5.02. The van der Waals surface area contributed by atoms with E-state index in [1.165, 1.54) is 37.8 Å². The van der Waals surface area contributed by atoms with Gasteiger partial charge in [-0.15, -0.1) is 0 Å². The monoisotopic (exact) mass is 267 g/mol. The second-order valence-corrected chi connectivity index (χ2v) is 5.29. The topological polar surface area (TPSA) is 3.24 Å². The fraction of sp³-hybridized carbons (Fsp3) is 0.538. The molecule has 0 spiro atoms. The Labute approximate surface area is 101 Å². The highest BCUT2D eigenvalue weighted by Crippen LogP contribution is 2.26. The van der Waals surface area contributed by atoms with Crippen LogP contribution in [0.5, 0.6) is 0 Å². The minimum Gasteiger partial charge on any atom is -0.372 e. The molecule has 2 rings (SSSR count). The van der Waals surface area contributed by atoms with Gasteiger partial charge in [-0.05, 0) is 37.1 Å². The van der Waals surface area contributed by atoms with Crippen LogP contribution >= 0.6 is 15.9 Å². The number of halogens is 1. The Kier molecular flexibility index (Phi) is 3.68. The SMILES string of the molecule is CN(c1ccc(Br)cc1)C1CCCCC1. The molecule has 1 saturated carbocycles. The summed E-state index contributed by atoms with van der Waals surface area (Å²) >= 11 is 3.47. The van der Waals surface area contributed by atoms with E-state index in [1.807, 2.05) is 0 Å². The van der Waals surface area contributed by atoms with Crippen molar-refractivity contribution in [3.05, 3.63) is 28.7 Å². The van der Waals surface area contributed by atoms with Gasteiger partial charge >= 0.3 is 0 Å². The lowest BCUT2D eigenvalue weighted by Gasteiger charge is -2.33. The van der Waals surface area contributed by atoms with Crippen LogP contribution in [0.2, 0.25) is 0 Å². The van der Waals surface area contributed by atoms with Crippen LogP contribution in [0.25, 0.3) is 0 Å². The summed E-state index contributed by atoms with van der Waals surface area (Å²) in [6.45, 7) is 0. The number of anilines is 1. The van der Waals surface area contributed by atoms with E-state index in [1.54, 1.807) is 0 Å². The van der Waals surface area contributed by atoms with E-state index in [-0.39, 0.29) is 0 Å². The minimum absolute atomic E-state index is 0.750. The zero-order chi connectivity index (χ0) is 10.7. The van der Waals surface area contributed by atoms with Crippen molar-refractivity contribution in [3.8, 4) is 0 Å². The zero-order valence-corrected chi connectivity index (χ0v) is 10.8. The van der Waals surface area contributed by atoms with Crippen molar-refractivity contribution < 1.29 is 0 Å². The van der Waals surface area contributed by atoms with E-state index in [9.17, 15) is 0 Å². The molecule has 1 aliphatic carbocycles. The van der Waals surface area contributed by atoms with Crippen molar-refractivity contribution in [2.45, 2.75) is 38.1 Å². The molecule has 1 aromatic rings. The summed E-state index contributed by atoms with van der Waals surface area (Å²) in [6, 6.07) is 9.38. The Balaban J connectivity index is 2.05. The van der Waals surface area contributed by atoms with Gasteiger partial charge in [0.2, 0.25) is 0 Å². The Morgan fingerprint density at radius 2 is 1.67 bits per heavy atom. The summed E-state index contributed by atoms with van der Waals surface area (Å²) in [4.78, 5) is 2.44. The third-order valence-corrected chi connectivity index (χ3v) is 3.88. The molecule has 0 N–H and O–H groups in total. The Bertz CT molecular complexity index is 301. The van der Waals surface area contributed by atoms with Gasteiger partial charge in [0, 0.05) is 23.2 Å². The maximum Gasteiger partial charge on any atom is 0.0366 e. The molecule has 0 bridgehead atoms. The van der Waals surface area contributed by atoms with Crippen molar-refractivity contribution in [2.24, 2.45) is 0 Å². The molecule has 1 aromatic carbocycles. The van der Waals surface area contributed by atoms with E-state index in [2.05, 4.69) is 52.1 Å². The molecule has 0 radical (unpaired) electrons. The van der Waals surface area contributed by atoms with E-state index >= 15 is 0 Å². The summed E-state index contributed by atoms with van der Waals surface area (Å²) in [5, 5.41) is 0. The van der Waals surface area contributed by atoms with Gasteiger partial charge in [-0.25, -0.2) is 0 Å². The molecule has 1 aliphatic rings. The van der Waals surface area contributed by atoms with Crippen LogP contribution in [0.15, 0.2) is 28.7 Å². The molecule has 0 saturated heterocycles. The number of hydrogen-bond donors (Lipinski definition) is 0.